The molecule has 2 aromatic rings. The van der Waals surface area contributed by atoms with E-state index in [1.165, 1.54) is 12.3 Å². The summed E-state index contributed by atoms with van der Waals surface area (Å²) in [6.07, 6.45) is -3.25. The molecule has 0 fully saturated rings. The number of anilines is 1. The van der Waals surface area contributed by atoms with E-state index in [1.54, 1.807) is 20.0 Å². The maximum Gasteiger partial charge on any atom is 0.416 e. The first-order chi connectivity index (χ1) is 15.6. The van der Waals surface area contributed by atoms with Crippen LogP contribution in [0.25, 0.3) is 0 Å². The lowest BCUT2D eigenvalue weighted by molar-refractivity contribution is -0.137. The number of carbonyl (C=O) groups excluding carboxylic acids is 1. The fourth-order valence-corrected chi connectivity index (χ4v) is 3.16. The van der Waals surface area contributed by atoms with Gasteiger partial charge in [-0.1, -0.05) is 0 Å². The molecule has 2 rings (SSSR count). The van der Waals surface area contributed by atoms with E-state index in [2.05, 4.69) is 20.9 Å². The largest absolute Gasteiger partial charge is 0.416 e. The number of nitrogens with zero attached hydrogens (tertiary/aromatic N) is 1. The van der Waals surface area contributed by atoms with Crippen LogP contribution in [0.3, 0.4) is 0 Å². The van der Waals surface area contributed by atoms with Crippen molar-refractivity contribution in [1.29, 1.82) is 0 Å². The number of rotatable bonds is 10. The third-order valence-electron chi connectivity index (χ3n) is 4.79. The van der Waals surface area contributed by atoms with Crippen LogP contribution in [0.5, 0.6) is 0 Å². The Morgan fingerprint density at radius 2 is 1.88 bits per heavy atom. The number of aromatic nitrogens is 1. The molecule has 0 aliphatic rings. The summed E-state index contributed by atoms with van der Waals surface area (Å²) in [7, 11) is 1.63. The summed E-state index contributed by atoms with van der Waals surface area (Å²) in [6, 6.07) is 4.98. The Bertz CT molecular complexity index is 996. The molecule has 0 aliphatic heterocycles. The topological polar surface area (TPSA) is 107 Å². The van der Waals surface area contributed by atoms with E-state index in [0.29, 0.717) is 11.6 Å². The van der Waals surface area contributed by atoms with E-state index in [4.69, 9.17) is 5.11 Å². The number of halogens is 4. The van der Waals surface area contributed by atoms with Gasteiger partial charge in [0.2, 0.25) is 0 Å². The quantitative estimate of drug-likeness (QED) is 0.269. The first-order valence-electron chi connectivity index (χ1n) is 10.1. The molecule has 0 bridgehead atoms. The molecule has 33 heavy (non-hydrogen) atoms. The van der Waals surface area contributed by atoms with Gasteiger partial charge in [-0.25, -0.2) is 9.37 Å². The highest BCUT2D eigenvalue weighted by atomic mass is 19.4. The number of amides is 1. The van der Waals surface area contributed by atoms with Crippen molar-refractivity contribution >= 4 is 11.7 Å². The Morgan fingerprint density at radius 3 is 2.48 bits per heavy atom. The summed E-state index contributed by atoms with van der Waals surface area (Å²) in [6.45, 7) is 0.948. The summed E-state index contributed by atoms with van der Waals surface area (Å²) < 4.78 is 52.6. The Kier molecular flexibility index (Phi) is 9.32. The zero-order chi connectivity index (χ0) is 24.6. The molecule has 0 saturated heterocycles. The monoisotopic (exact) mass is 470 g/mol. The molecule has 0 radical (unpaired) electrons. The third-order valence-corrected chi connectivity index (χ3v) is 4.79. The second kappa shape index (κ2) is 11.7. The van der Waals surface area contributed by atoms with Crippen LogP contribution in [0.15, 0.2) is 47.8 Å². The fraction of sp³-hybridized carbons (Fsp3) is 0.364. The molecule has 7 nitrogen and oxygen atoms in total. The van der Waals surface area contributed by atoms with Crippen LogP contribution in [-0.4, -0.2) is 54.0 Å². The Morgan fingerprint density at radius 1 is 1.15 bits per heavy atom. The average molecular weight is 470 g/mol. The summed E-state index contributed by atoms with van der Waals surface area (Å²) in [5.74, 6) is -1.25. The lowest BCUT2D eigenvalue weighted by atomic mass is 10.0. The second-order valence-corrected chi connectivity index (χ2v) is 7.24. The number of pyridine rings is 1. The van der Waals surface area contributed by atoms with Crippen LogP contribution < -0.4 is 16.0 Å². The molecule has 11 heteroatoms. The minimum absolute atomic E-state index is 0.00692. The van der Waals surface area contributed by atoms with Gasteiger partial charge in [0.15, 0.2) is 0 Å². The van der Waals surface area contributed by atoms with Crippen LogP contribution in [-0.2, 0) is 17.4 Å². The van der Waals surface area contributed by atoms with Crippen molar-refractivity contribution in [2.75, 3.05) is 32.1 Å². The van der Waals surface area contributed by atoms with E-state index in [0.717, 1.165) is 12.1 Å². The molecular weight excluding hydrogens is 444 g/mol. The summed E-state index contributed by atoms with van der Waals surface area (Å²) in [4.78, 5) is 16.7. The minimum atomic E-state index is -4.67. The van der Waals surface area contributed by atoms with Crippen molar-refractivity contribution in [2.24, 2.45) is 0 Å². The summed E-state index contributed by atoms with van der Waals surface area (Å²) >= 11 is 0. The summed E-state index contributed by atoms with van der Waals surface area (Å²) in [5.41, 5.74) is -0.0561. The standard InChI is InChI=1S/C22H26F4N4O3/c1-13(27-2)20(21(33)29-5-6-31)18(12-32)30-19-10-14(3-4-28-19)7-15-8-16(22(24,25)26)11-17(23)9-15/h3-4,8-11,13,27,31-32H,5-7,12H2,1-2H3,(H,28,30)(H,29,33)/b20-18+. The molecule has 0 aliphatic carbocycles. The third kappa shape index (κ3) is 7.52. The van der Waals surface area contributed by atoms with E-state index < -0.39 is 36.1 Å². The average Bonchev–Trinajstić information content (AvgIpc) is 2.76. The number of aliphatic hydroxyl groups is 2. The molecule has 0 saturated carbocycles. The first-order valence-corrected chi connectivity index (χ1v) is 10.1. The number of carbonyl (C=O) groups is 1. The van der Waals surface area contributed by atoms with Gasteiger partial charge in [-0.3, -0.25) is 4.79 Å². The van der Waals surface area contributed by atoms with Crippen molar-refractivity contribution in [3.63, 3.8) is 0 Å². The van der Waals surface area contributed by atoms with Crippen LogP contribution in [0.4, 0.5) is 23.4 Å². The molecule has 1 aromatic carbocycles. The predicted octanol–water partition coefficient (Wildman–Crippen LogP) is 2.21. The van der Waals surface area contributed by atoms with Crippen molar-refractivity contribution in [2.45, 2.75) is 25.6 Å². The number of hydrogen-bond acceptors (Lipinski definition) is 6. The molecule has 1 unspecified atom stereocenters. The van der Waals surface area contributed by atoms with Crippen molar-refractivity contribution in [3.8, 4) is 0 Å². The molecule has 180 valence electrons. The number of benzene rings is 1. The van der Waals surface area contributed by atoms with Gasteiger partial charge < -0.3 is 26.2 Å². The van der Waals surface area contributed by atoms with Gasteiger partial charge in [-0.2, -0.15) is 13.2 Å². The lowest BCUT2D eigenvalue weighted by Crippen LogP contribution is -2.38. The van der Waals surface area contributed by atoms with Gasteiger partial charge in [0, 0.05) is 18.8 Å². The van der Waals surface area contributed by atoms with Crippen molar-refractivity contribution < 1.29 is 32.6 Å². The maximum absolute atomic E-state index is 13.7. The summed E-state index contributed by atoms with van der Waals surface area (Å²) in [5, 5.41) is 27.1. The maximum atomic E-state index is 13.7. The Hall–Kier alpha value is -3.02. The van der Waals surface area contributed by atoms with E-state index in [1.807, 2.05) is 0 Å². The van der Waals surface area contributed by atoms with Crippen LogP contribution in [0, 0.1) is 5.82 Å². The van der Waals surface area contributed by atoms with Crippen molar-refractivity contribution in [3.05, 3.63) is 70.3 Å². The van der Waals surface area contributed by atoms with E-state index in [-0.39, 0.29) is 42.2 Å². The number of nitrogens with one attached hydrogen (secondary N) is 3. The molecular formula is C22H26F4N4O3. The van der Waals surface area contributed by atoms with Crippen LogP contribution >= 0.6 is 0 Å². The van der Waals surface area contributed by atoms with Crippen molar-refractivity contribution in [1.82, 2.24) is 15.6 Å². The van der Waals surface area contributed by atoms with Gasteiger partial charge in [0.1, 0.15) is 11.6 Å². The van der Waals surface area contributed by atoms with Crippen LogP contribution in [0.1, 0.15) is 23.6 Å². The zero-order valence-electron chi connectivity index (χ0n) is 18.1. The number of aliphatic hydroxyl groups excluding tert-OH is 2. The Balaban J connectivity index is 2.33. The number of alkyl halides is 3. The number of hydrogen-bond donors (Lipinski definition) is 5. The molecule has 5 N–H and O–H groups in total. The highest BCUT2D eigenvalue weighted by Gasteiger charge is 2.31. The fourth-order valence-electron chi connectivity index (χ4n) is 3.16. The second-order valence-electron chi connectivity index (χ2n) is 7.24. The minimum Gasteiger partial charge on any atom is -0.395 e. The normalized spacial score (nSPS) is 13.3. The van der Waals surface area contributed by atoms with Gasteiger partial charge in [0.05, 0.1) is 30.0 Å². The highest BCUT2D eigenvalue weighted by Crippen LogP contribution is 2.31. The smallest absolute Gasteiger partial charge is 0.395 e. The lowest BCUT2D eigenvalue weighted by Gasteiger charge is -2.20. The highest BCUT2D eigenvalue weighted by molar-refractivity contribution is 5.95. The molecule has 1 aromatic heterocycles. The number of likely N-dealkylation sites (N-methyl/N-ethyl adjacent to an activating group) is 1. The Labute approximate surface area is 188 Å². The first kappa shape index (κ1) is 26.2. The van der Waals surface area contributed by atoms with Gasteiger partial charge in [0.25, 0.3) is 5.91 Å². The van der Waals surface area contributed by atoms with Gasteiger partial charge in [-0.05, 0) is 61.9 Å². The van der Waals surface area contributed by atoms with Crippen LogP contribution in [0.2, 0.25) is 0 Å². The molecule has 0 spiro atoms. The van der Waals surface area contributed by atoms with E-state index >= 15 is 0 Å². The molecule has 1 atom stereocenters. The van der Waals surface area contributed by atoms with E-state index in [9.17, 15) is 27.5 Å². The SMILES string of the molecule is CNC(C)/C(C(=O)NCCO)=C(/CO)Nc1cc(Cc2cc(F)cc(C(F)(F)F)c2)ccn1. The van der Waals surface area contributed by atoms with Gasteiger partial charge in [-0.15, -0.1) is 0 Å². The predicted molar refractivity (Wildman–Crippen MR) is 115 cm³/mol. The molecule has 1 amide bonds. The van der Waals surface area contributed by atoms with Gasteiger partial charge >= 0.3 is 6.18 Å². The molecule has 1 heterocycles. The zero-order valence-corrected chi connectivity index (χ0v) is 18.1.